The van der Waals surface area contributed by atoms with Gasteiger partial charge in [0, 0.05) is 25.2 Å². The fourth-order valence-corrected chi connectivity index (χ4v) is 2.24. The number of benzene rings is 1. The van der Waals surface area contributed by atoms with Gasteiger partial charge < -0.3 is 20.7 Å². The highest BCUT2D eigenvalue weighted by molar-refractivity contribution is 5.97. The smallest absolute Gasteiger partial charge is 0.251 e. The lowest BCUT2D eigenvalue weighted by Gasteiger charge is -2.29. The molecule has 0 spiro atoms. The van der Waals surface area contributed by atoms with E-state index >= 15 is 0 Å². The lowest BCUT2D eigenvalue weighted by molar-refractivity contribution is -0.136. The van der Waals surface area contributed by atoms with Crippen LogP contribution in [0.3, 0.4) is 0 Å². The molecule has 2 amide bonds. The molecule has 0 radical (unpaired) electrons. The van der Waals surface area contributed by atoms with E-state index in [2.05, 4.69) is 5.32 Å². The zero-order chi connectivity index (χ0) is 15.2. The standard InChI is InChI=1S/C15H21N3O3/c1-11(15(20)18-5-7-21-8-6-18)17-14(19)13-4-2-3-12(9-13)10-16/h2-4,9,11H,5-8,10,16H2,1H3,(H,17,19). The maximum atomic E-state index is 12.2. The van der Waals surface area contributed by atoms with Gasteiger partial charge in [-0.25, -0.2) is 0 Å². The number of hydrogen-bond donors (Lipinski definition) is 2. The van der Waals surface area contributed by atoms with E-state index in [0.717, 1.165) is 5.56 Å². The minimum atomic E-state index is -0.558. The van der Waals surface area contributed by atoms with Crippen LogP contribution < -0.4 is 11.1 Å². The van der Waals surface area contributed by atoms with Crippen molar-refractivity contribution < 1.29 is 14.3 Å². The van der Waals surface area contributed by atoms with E-state index < -0.39 is 6.04 Å². The Bertz CT molecular complexity index is 513. The van der Waals surface area contributed by atoms with Crippen LogP contribution in [0.4, 0.5) is 0 Å². The number of nitrogens with two attached hydrogens (primary N) is 1. The summed E-state index contributed by atoms with van der Waals surface area (Å²) in [6, 6.07) is 6.53. The summed E-state index contributed by atoms with van der Waals surface area (Å²) < 4.78 is 5.21. The van der Waals surface area contributed by atoms with Crippen LogP contribution >= 0.6 is 0 Å². The van der Waals surface area contributed by atoms with E-state index in [1.54, 1.807) is 30.0 Å². The highest BCUT2D eigenvalue weighted by Crippen LogP contribution is 2.06. The van der Waals surface area contributed by atoms with Crippen LogP contribution in [0.25, 0.3) is 0 Å². The van der Waals surface area contributed by atoms with Gasteiger partial charge >= 0.3 is 0 Å². The quantitative estimate of drug-likeness (QED) is 0.825. The number of amides is 2. The van der Waals surface area contributed by atoms with Gasteiger partial charge in [0.1, 0.15) is 6.04 Å². The topological polar surface area (TPSA) is 84.7 Å². The minimum Gasteiger partial charge on any atom is -0.378 e. The van der Waals surface area contributed by atoms with Gasteiger partial charge in [-0.05, 0) is 24.6 Å². The van der Waals surface area contributed by atoms with Crippen molar-refractivity contribution in [2.45, 2.75) is 19.5 Å². The molecular formula is C15H21N3O3. The summed E-state index contributed by atoms with van der Waals surface area (Å²) >= 11 is 0. The fraction of sp³-hybridized carbons (Fsp3) is 0.467. The molecule has 1 atom stereocenters. The van der Waals surface area contributed by atoms with Crippen LogP contribution in [0, 0.1) is 0 Å². The van der Waals surface area contributed by atoms with Gasteiger partial charge in [-0.1, -0.05) is 12.1 Å². The molecule has 1 unspecified atom stereocenters. The monoisotopic (exact) mass is 291 g/mol. The van der Waals surface area contributed by atoms with Crippen molar-refractivity contribution in [2.75, 3.05) is 26.3 Å². The number of nitrogens with zero attached hydrogens (tertiary/aromatic N) is 1. The predicted molar refractivity (Wildman–Crippen MR) is 78.7 cm³/mol. The zero-order valence-electron chi connectivity index (χ0n) is 12.2. The van der Waals surface area contributed by atoms with Gasteiger partial charge in [0.15, 0.2) is 0 Å². The first kappa shape index (κ1) is 15.5. The van der Waals surface area contributed by atoms with Crippen LogP contribution in [0.2, 0.25) is 0 Å². The van der Waals surface area contributed by atoms with Crippen molar-refractivity contribution >= 4 is 11.8 Å². The maximum absolute atomic E-state index is 12.2. The van der Waals surface area contributed by atoms with Crippen molar-refractivity contribution in [3.05, 3.63) is 35.4 Å². The Hall–Kier alpha value is -1.92. The third-order valence-electron chi connectivity index (χ3n) is 3.47. The molecule has 21 heavy (non-hydrogen) atoms. The second-order valence-electron chi connectivity index (χ2n) is 5.04. The van der Waals surface area contributed by atoms with E-state index in [4.69, 9.17) is 10.5 Å². The van der Waals surface area contributed by atoms with E-state index in [0.29, 0.717) is 38.4 Å². The van der Waals surface area contributed by atoms with E-state index in [1.165, 1.54) is 0 Å². The third kappa shape index (κ3) is 4.03. The van der Waals surface area contributed by atoms with Gasteiger partial charge in [0.25, 0.3) is 5.91 Å². The molecule has 0 bridgehead atoms. The summed E-state index contributed by atoms with van der Waals surface area (Å²) in [4.78, 5) is 26.1. The van der Waals surface area contributed by atoms with Gasteiger partial charge in [-0.2, -0.15) is 0 Å². The van der Waals surface area contributed by atoms with Crippen molar-refractivity contribution in [3.8, 4) is 0 Å². The molecule has 114 valence electrons. The molecule has 1 aromatic carbocycles. The summed E-state index contributed by atoms with van der Waals surface area (Å²) in [7, 11) is 0. The van der Waals surface area contributed by atoms with Gasteiger partial charge in [0.2, 0.25) is 5.91 Å². The van der Waals surface area contributed by atoms with Crippen LogP contribution in [0.15, 0.2) is 24.3 Å². The normalized spacial score (nSPS) is 16.4. The maximum Gasteiger partial charge on any atom is 0.251 e. The number of nitrogens with one attached hydrogen (secondary N) is 1. The van der Waals surface area contributed by atoms with Crippen molar-refractivity contribution in [1.82, 2.24) is 10.2 Å². The number of hydrogen-bond acceptors (Lipinski definition) is 4. The van der Waals surface area contributed by atoms with E-state index in [-0.39, 0.29) is 11.8 Å². The van der Waals surface area contributed by atoms with Crippen LogP contribution in [0.5, 0.6) is 0 Å². The molecule has 1 aromatic rings. The third-order valence-corrected chi connectivity index (χ3v) is 3.47. The van der Waals surface area contributed by atoms with Gasteiger partial charge in [-0.15, -0.1) is 0 Å². The average molecular weight is 291 g/mol. The highest BCUT2D eigenvalue weighted by Gasteiger charge is 2.23. The lowest BCUT2D eigenvalue weighted by Crippen LogP contribution is -2.50. The number of morpholine rings is 1. The SMILES string of the molecule is CC(NC(=O)c1cccc(CN)c1)C(=O)N1CCOCC1. The summed E-state index contributed by atoms with van der Waals surface area (Å²) in [5.41, 5.74) is 6.96. The first-order valence-electron chi connectivity index (χ1n) is 7.08. The number of carbonyl (C=O) groups excluding carboxylic acids is 2. The zero-order valence-corrected chi connectivity index (χ0v) is 12.2. The first-order chi connectivity index (χ1) is 10.1. The molecule has 0 aromatic heterocycles. The molecule has 2 rings (SSSR count). The van der Waals surface area contributed by atoms with Crippen LogP contribution in [-0.2, 0) is 16.1 Å². The minimum absolute atomic E-state index is 0.0818. The molecule has 6 heteroatoms. The Balaban J connectivity index is 1.96. The average Bonchev–Trinajstić information content (AvgIpc) is 2.54. The van der Waals surface area contributed by atoms with Gasteiger partial charge in [0.05, 0.1) is 13.2 Å². The molecule has 0 saturated carbocycles. The molecule has 1 aliphatic rings. The largest absolute Gasteiger partial charge is 0.378 e. The molecule has 1 saturated heterocycles. The fourth-order valence-electron chi connectivity index (χ4n) is 2.24. The predicted octanol–water partition coefficient (Wildman–Crippen LogP) is 0.122. The Morgan fingerprint density at radius 2 is 2.10 bits per heavy atom. The molecule has 6 nitrogen and oxygen atoms in total. The van der Waals surface area contributed by atoms with Crippen LogP contribution in [-0.4, -0.2) is 49.1 Å². The van der Waals surface area contributed by atoms with Crippen molar-refractivity contribution in [2.24, 2.45) is 5.73 Å². The summed E-state index contributed by atoms with van der Waals surface area (Å²) in [6.07, 6.45) is 0. The second-order valence-corrected chi connectivity index (χ2v) is 5.04. The molecule has 0 aliphatic carbocycles. The Labute approximate surface area is 124 Å². The molecule has 3 N–H and O–H groups in total. The molecule has 1 heterocycles. The van der Waals surface area contributed by atoms with Crippen molar-refractivity contribution in [3.63, 3.8) is 0 Å². The highest BCUT2D eigenvalue weighted by atomic mass is 16.5. The Kier molecular flexibility index (Phi) is 5.30. The number of ether oxygens (including phenoxy) is 1. The molecule has 1 aliphatic heterocycles. The first-order valence-corrected chi connectivity index (χ1v) is 7.08. The summed E-state index contributed by atoms with van der Waals surface area (Å²) in [5, 5.41) is 2.73. The number of carbonyl (C=O) groups is 2. The Morgan fingerprint density at radius 1 is 1.38 bits per heavy atom. The Morgan fingerprint density at radius 3 is 2.76 bits per heavy atom. The molecular weight excluding hydrogens is 270 g/mol. The van der Waals surface area contributed by atoms with E-state index in [1.807, 2.05) is 6.07 Å². The second kappa shape index (κ2) is 7.19. The van der Waals surface area contributed by atoms with E-state index in [9.17, 15) is 9.59 Å². The summed E-state index contributed by atoms with van der Waals surface area (Å²) in [6.45, 7) is 4.31. The lowest BCUT2D eigenvalue weighted by atomic mass is 10.1. The summed E-state index contributed by atoms with van der Waals surface area (Å²) in [5.74, 6) is -0.346. The molecule has 1 fully saturated rings. The van der Waals surface area contributed by atoms with Gasteiger partial charge in [-0.3, -0.25) is 9.59 Å². The van der Waals surface area contributed by atoms with Crippen molar-refractivity contribution in [1.29, 1.82) is 0 Å². The van der Waals surface area contributed by atoms with Crippen LogP contribution in [0.1, 0.15) is 22.8 Å². The number of rotatable bonds is 4.